The average molecular weight is 279 g/mol. The van der Waals surface area contributed by atoms with Crippen LogP contribution in [0.15, 0.2) is 6.20 Å². The van der Waals surface area contributed by atoms with Gasteiger partial charge in [-0.25, -0.2) is 4.98 Å². The third-order valence-electron chi connectivity index (χ3n) is 4.43. The van der Waals surface area contributed by atoms with Gasteiger partial charge in [-0.05, 0) is 43.7 Å². The Balaban J connectivity index is 1.60. The molecule has 4 nitrogen and oxygen atoms in total. The van der Waals surface area contributed by atoms with Gasteiger partial charge in [-0.3, -0.25) is 4.79 Å². The number of piperidine rings is 1. The maximum atomic E-state index is 12.3. The van der Waals surface area contributed by atoms with E-state index in [0.29, 0.717) is 11.3 Å². The Bertz CT molecular complexity index is 477. The van der Waals surface area contributed by atoms with Gasteiger partial charge in [0, 0.05) is 17.0 Å². The van der Waals surface area contributed by atoms with Crippen LogP contribution in [0.25, 0.3) is 0 Å². The van der Waals surface area contributed by atoms with E-state index >= 15 is 0 Å². The summed E-state index contributed by atoms with van der Waals surface area (Å²) in [5.41, 5.74) is 0.299. The summed E-state index contributed by atoms with van der Waals surface area (Å²) < 4.78 is 0. The summed E-state index contributed by atoms with van der Waals surface area (Å²) >= 11 is 1.59. The highest BCUT2D eigenvalue weighted by atomic mass is 32.1. The topological polar surface area (TPSA) is 54.0 Å². The molecule has 0 bridgehead atoms. The van der Waals surface area contributed by atoms with E-state index in [0.717, 1.165) is 37.5 Å². The molecule has 3 rings (SSSR count). The van der Waals surface area contributed by atoms with Crippen LogP contribution in [-0.4, -0.2) is 24.0 Å². The van der Waals surface area contributed by atoms with Gasteiger partial charge >= 0.3 is 0 Å². The number of amides is 1. The minimum Gasteiger partial charge on any atom is -0.317 e. The van der Waals surface area contributed by atoms with Gasteiger partial charge in [0.25, 0.3) is 0 Å². The predicted molar refractivity (Wildman–Crippen MR) is 77.5 cm³/mol. The lowest BCUT2D eigenvalue weighted by atomic mass is 9.92. The van der Waals surface area contributed by atoms with E-state index in [1.807, 2.05) is 6.20 Å². The van der Waals surface area contributed by atoms with Crippen molar-refractivity contribution in [2.45, 2.75) is 39.0 Å². The molecule has 104 valence electrons. The molecular formula is C14H21N3OS. The van der Waals surface area contributed by atoms with Crippen molar-refractivity contribution in [2.24, 2.45) is 11.3 Å². The number of thiazole rings is 1. The zero-order valence-corrected chi connectivity index (χ0v) is 12.3. The third-order valence-corrected chi connectivity index (χ3v) is 5.64. The van der Waals surface area contributed by atoms with Crippen molar-refractivity contribution in [3.63, 3.8) is 0 Å². The molecule has 0 aromatic carbocycles. The Morgan fingerprint density at radius 1 is 1.53 bits per heavy atom. The van der Waals surface area contributed by atoms with Gasteiger partial charge in [-0.1, -0.05) is 13.8 Å². The van der Waals surface area contributed by atoms with Crippen LogP contribution >= 0.6 is 11.3 Å². The third kappa shape index (κ3) is 2.54. The standard InChI is InChI=1S/C14H21N3OS/c1-9(2)11-8-16-13(19-11)17-12(18)10-7-14(10)3-5-15-6-4-14/h8-10,15H,3-7H2,1-2H3,(H,16,17,18). The molecule has 2 fully saturated rings. The lowest BCUT2D eigenvalue weighted by Crippen LogP contribution is -2.31. The molecule has 1 aromatic rings. The predicted octanol–water partition coefficient (Wildman–Crippen LogP) is 2.59. The molecule has 2 N–H and O–H groups in total. The van der Waals surface area contributed by atoms with Gasteiger partial charge in [-0.2, -0.15) is 0 Å². The number of hydrogen-bond donors (Lipinski definition) is 2. The van der Waals surface area contributed by atoms with Crippen molar-refractivity contribution in [2.75, 3.05) is 18.4 Å². The zero-order valence-electron chi connectivity index (χ0n) is 11.5. The molecule has 1 amide bonds. The maximum absolute atomic E-state index is 12.3. The van der Waals surface area contributed by atoms with E-state index < -0.39 is 0 Å². The Morgan fingerprint density at radius 3 is 2.89 bits per heavy atom. The summed E-state index contributed by atoms with van der Waals surface area (Å²) in [5.74, 6) is 0.854. The minimum absolute atomic E-state index is 0.173. The molecular weight excluding hydrogens is 258 g/mol. The van der Waals surface area contributed by atoms with Gasteiger partial charge < -0.3 is 10.6 Å². The monoisotopic (exact) mass is 279 g/mol. The van der Waals surface area contributed by atoms with Crippen LogP contribution in [0, 0.1) is 11.3 Å². The second-order valence-electron chi connectivity index (χ2n) is 6.08. The van der Waals surface area contributed by atoms with Gasteiger partial charge in [0.2, 0.25) is 5.91 Å². The number of nitrogens with one attached hydrogen (secondary N) is 2. The average Bonchev–Trinajstić information content (AvgIpc) is 2.86. The zero-order chi connectivity index (χ0) is 13.5. The lowest BCUT2D eigenvalue weighted by molar-refractivity contribution is -0.118. The molecule has 1 aromatic heterocycles. The maximum Gasteiger partial charge on any atom is 0.229 e. The van der Waals surface area contributed by atoms with Gasteiger partial charge in [-0.15, -0.1) is 11.3 Å². The van der Waals surface area contributed by atoms with E-state index in [-0.39, 0.29) is 11.8 Å². The van der Waals surface area contributed by atoms with Gasteiger partial charge in [0.05, 0.1) is 0 Å². The number of anilines is 1. The van der Waals surface area contributed by atoms with E-state index in [9.17, 15) is 4.79 Å². The summed E-state index contributed by atoms with van der Waals surface area (Å²) in [7, 11) is 0. The van der Waals surface area contributed by atoms with Gasteiger partial charge in [0.15, 0.2) is 5.13 Å². The molecule has 1 aliphatic carbocycles. The molecule has 1 atom stereocenters. The molecule has 2 heterocycles. The first-order chi connectivity index (χ1) is 9.11. The number of carbonyl (C=O) groups is 1. The summed E-state index contributed by atoms with van der Waals surface area (Å²) in [6.07, 6.45) is 5.21. The number of rotatable bonds is 3. The molecule has 1 saturated carbocycles. The first-order valence-electron chi connectivity index (χ1n) is 7.08. The fraction of sp³-hybridized carbons (Fsp3) is 0.714. The summed E-state index contributed by atoms with van der Waals surface area (Å²) in [6.45, 7) is 6.39. The normalized spacial score (nSPS) is 24.7. The molecule has 1 aliphatic heterocycles. The fourth-order valence-electron chi connectivity index (χ4n) is 3.00. The van der Waals surface area contributed by atoms with Gasteiger partial charge in [0.1, 0.15) is 0 Å². The van der Waals surface area contributed by atoms with Crippen molar-refractivity contribution in [3.8, 4) is 0 Å². The van der Waals surface area contributed by atoms with Crippen LogP contribution in [0.3, 0.4) is 0 Å². The van der Waals surface area contributed by atoms with Crippen molar-refractivity contribution in [3.05, 3.63) is 11.1 Å². The second kappa shape index (κ2) is 4.87. The number of carbonyl (C=O) groups excluding carboxylic acids is 1. The second-order valence-corrected chi connectivity index (χ2v) is 7.14. The van der Waals surface area contributed by atoms with E-state index in [1.165, 1.54) is 4.88 Å². The molecule has 0 radical (unpaired) electrons. The SMILES string of the molecule is CC(C)c1cnc(NC(=O)C2CC23CCNCC3)s1. The Morgan fingerprint density at radius 2 is 2.26 bits per heavy atom. The summed E-state index contributed by atoms with van der Waals surface area (Å²) in [6, 6.07) is 0. The number of aromatic nitrogens is 1. The van der Waals surface area contributed by atoms with Crippen molar-refractivity contribution >= 4 is 22.4 Å². The van der Waals surface area contributed by atoms with E-state index in [1.54, 1.807) is 11.3 Å². The van der Waals surface area contributed by atoms with Crippen LogP contribution in [0.5, 0.6) is 0 Å². The fourth-order valence-corrected chi connectivity index (χ4v) is 3.82. The van der Waals surface area contributed by atoms with Crippen LogP contribution in [-0.2, 0) is 4.79 Å². The lowest BCUT2D eigenvalue weighted by Gasteiger charge is -2.22. The molecule has 19 heavy (non-hydrogen) atoms. The van der Waals surface area contributed by atoms with Crippen molar-refractivity contribution in [1.82, 2.24) is 10.3 Å². The molecule has 1 unspecified atom stereocenters. The molecule has 1 saturated heterocycles. The van der Waals surface area contributed by atoms with Crippen LogP contribution < -0.4 is 10.6 Å². The smallest absolute Gasteiger partial charge is 0.229 e. The van der Waals surface area contributed by atoms with Crippen LogP contribution in [0.2, 0.25) is 0 Å². The molecule has 2 aliphatic rings. The van der Waals surface area contributed by atoms with E-state index in [2.05, 4.69) is 29.5 Å². The van der Waals surface area contributed by atoms with Crippen LogP contribution in [0.4, 0.5) is 5.13 Å². The van der Waals surface area contributed by atoms with E-state index in [4.69, 9.17) is 0 Å². The van der Waals surface area contributed by atoms with Crippen molar-refractivity contribution in [1.29, 1.82) is 0 Å². The highest BCUT2D eigenvalue weighted by Crippen LogP contribution is 2.58. The Hall–Kier alpha value is -0.940. The molecule has 1 spiro atoms. The first-order valence-corrected chi connectivity index (χ1v) is 7.90. The highest BCUT2D eigenvalue weighted by molar-refractivity contribution is 7.15. The van der Waals surface area contributed by atoms with Crippen molar-refractivity contribution < 1.29 is 4.79 Å². The molecule has 5 heteroatoms. The first kappa shape index (κ1) is 13.1. The Labute approximate surface area is 118 Å². The quantitative estimate of drug-likeness (QED) is 0.894. The highest BCUT2D eigenvalue weighted by Gasteiger charge is 2.57. The largest absolute Gasteiger partial charge is 0.317 e. The van der Waals surface area contributed by atoms with Crippen LogP contribution in [0.1, 0.15) is 43.9 Å². The summed E-state index contributed by atoms with van der Waals surface area (Å²) in [5, 5.41) is 7.12. The number of hydrogen-bond acceptors (Lipinski definition) is 4. The summed E-state index contributed by atoms with van der Waals surface area (Å²) in [4.78, 5) is 17.8. The number of nitrogens with zero attached hydrogens (tertiary/aromatic N) is 1. The minimum atomic E-state index is 0.173. The Kier molecular flexibility index (Phi) is 3.35.